The van der Waals surface area contributed by atoms with E-state index in [9.17, 15) is 4.79 Å². The summed E-state index contributed by atoms with van der Waals surface area (Å²) < 4.78 is 0. The third-order valence-corrected chi connectivity index (χ3v) is 3.07. The Hall–Kier alpha value is -2.14. The number of rotatable bonds is 3. The van der Waals surface area contributed by atoms with E-state index in [0.717, 1.165) is 18.9 Å². The monoisotopic (exact) mass is 242 g/mol. The summed E-state index contributed by atoms with van der Waals surface area (Å²) in [5.74, 6) is 0.687. The van der Waals surface area contributed by atoms with Gasteiger partial charge < -0.3 is 15.6 Å². The zero-order chi connectivity index (χ0) is 12.4. The van der Waals surface area contributed by atoms with Gasteiger partial charge in [0, 0.05) is 31.0 Å². The van der Waals surface area contributed by atoms with Gasteiger partial charge in [0.1, 0.15) is 5.82 Å². The van der Waals surface area contributed by atoms with Crippen molar-refractivity contribution in [2.24, 2.45) is 0 Å². The Morgan fingerprint density at radius 1 is 1.33 bits per heavy atom. The van der Waals surface area contributed by atoms with Gasteiger partial charge in [0.05, 0.1) is 6.54 Å². The molecular formula is C13H14N4O. The number of H-pyrrole nitrogens is 1. The fourth-order valence-electron chi connectivity index (χ4n) is 2.10. The predicted octanol–water partition coefficient (Wildman–Crippen LogP) is 0.943. The summed E-state index contributed by atoms with van der Waals surface area (Å²) >= 11 is 0. The van der Waals surface area contributed by atoms with Crippen LogP contribution in [-0.2, 0) is 19.6 Å². The number of nitrogens with zero attached hydrogens (tertiary/aromatic N) is 1. The van der Waals surface area contributed by atoms with E-state index in [1.165, 1.54) is 11.1 Å². The number of benzene rings is 1. The molecule has 1 aliphatic heterocycles. The SMILES string of the molecule is O=C(NCc1ncc[nH]1)c1ccc2c(c1)CNC2. The first-order valence-electron chi connectivity index (χ1n) is 5.92. The molecule has 0 atom stereocenters. The van der Waals surface area contributed by atoms with E-state index in [4.69, 9.17) is 0 Å². The van der Waals surface area contributed by atoms with Crippen molar-refractivity contribution < 1.29 is 4.79 Å². The van der Waals surface area contributed by atoms with Crippen LogP contribution in [0.3, 0.4) is 0 Å². The molecule has 0 saturated carbocycles. The Labute approximate surface area is 105 Å². The van der Waals surface area contributed by atoms with Crippen molar-refractivity contribution in [2.45, 2.75) is 19.6 Å². The third-order valence-electron chi connectivity index (χ3n) is 3.07. The van der Waals surface area contributed by atoms with Gasteiger partial charge in [-0.1, -0.05) is 6.07 Å². The van der Waals surface area contributed by atoms with Gasteiger partial charge in [-0.15, -0.1) is 0 Å². The number of carbonyl (C=O) groups is 1. The Balaban J connectivity index is 1.69. The number of carbonyl (C=O) groups excluding carboxylic acids is 1. The highest BCUT2D eigenvalue weighted by atomic mass is 16.1. The molecule has 2 heterocycles. The second-order valence-corrected chi connectivity index (χ2v) is 4.31. The van der Waals surface area contributed by atoms with Crippen LogP contribution in [0, 0.1) is 0 Å². The van der Waals surface area contributed by atoms with Crippen molar-refractivity contribution in [3.8, 4) is 0 Å². The highest BCUT2D eigenvalue weighted by molar-refractivity contribution is 5.94. The molecule has 0 radical (unpaired) electrons. The first-order chi connectivity index (χ1) is 8.83. The Kier molecular flexibility index (Phi) is 2.82. The van der Waals surface area contributed by atoms with Gasteiger partial charge in [-0.2, -0.15) is 0 Å². The highest BCUT2D eigenvalue weighted by Crippen LogP contribution is 2.16. The number of hydrogen-bond donors (Lipinski definition) is 3. The first kappa shape index (κ1) is 11.0. The lowest BCUT2D eigenvalue weighted by Crippen LogP contribution is -2.23. The van der Waals surface area contributed by atoms with E-state index in [2.05, 4.69) is 20.6 Å². The third kappa shape index (κ3) is 2.12. The van der Waals surface area contributed by atoms with Crippen LogP contribution in [0.15, 0.2) is 30.6 Å². The molecule has 0 fully saturated rings. The van der Waals surface area contributed by atoms with E-state index in [-0.39, 0.29) is 5.91 Å². The summed E-state index contributed by atoms with van der Waals surface area (Å²) in [6, 6.07) is 5.83. The zero-order valence-corrected chi connectivity index (χ0v) is 9.86. The smallest absolute Gasteiger partial charge is 0.251 e. The maximum Gasteiger partial charge on any atom is 0.251 e. The minimum atomic E-state index is -0.0684. The maximum atomic E-state index is 12.0. The molecule has 18 heavy (non-hydrogen) atoms. The van der Waals surface area contributed by atoms with Gasteiger partial charge in [-0.05, 0) is 23.3 Å². The Morgan fingerprint density at radius 3 is 3.06 bits per heavy atom. The Bertz CT molecular complexity index is 562. The van der Waals surface area contributed by atoms with Crippen LogP contribution in [0.2, 0.25) is 0 Å². The number of imidazole rings is 1. The van der Waals surface area contributed by atoms with E-state index < -0.39 is 0 Å². The second kappa shape index (κ2) is 4.62. The molecular weight excluding hydrogens is 228 g/mol. The number of nitrogens with one attached hydrogen (secondary N) is 3. The standard InChI is InChI=1S/C13H14N4O/c18-13(17-8-12-15-3-4-16-12)9-1-2-10-6-14-7-11(10)5-9/h1-5,14H,6-8H2,(H,15,16)(H,17,18). The van der Waals surface area contributed by atoms with Crippen molar-refractivity contribution in [3.05, 3.63) is 53.1 Å². The van der Waals surface area contributed by atoms with Crippen LogP contribution in [0.4, 0.5) is 0 Å². The molecule has 2 aromatic rings. The molecule has 0 spiro atoms. The van der Waals surface area contributed by atoms with E-state index in [1.807, 2.05) is 18.2 Å². The molecule has 1 amide bonds. The van der Waals surface area contributed by atoms with Crippen molar-refractivity contribution in [1.82, 2.24) is 20.6 Å². The normalized spacial score (nSPS) is 13.3. The highest BCUT2D eigenvalue weighted by Gasteiger charge is 2.13. The van der Waals surface area contributed by atoms with Crippen LogP contribution in [0.1, 0.15) is 27.3 Å². The number of amides is 1. The lowest BCUT2D eigenvalue weighted by molar-refractivity contribution is 0.0950. The average molecular weight is 242 g/mol. The van der Waals surface area contributed by atoms with E-state index >= 15 is 0 Å². The molecule has 5 nitrogen and oxygen atoms in total. The van der Waals surface area contributed by atoms with Crippen molar-refractivity contribution >= 4 is 5.91 Å². The fourth-order valence-corrected chi connectivity index (χ4v) is 2.10. The first-order valence-corrected chi connectivity index (χ1v) is 5.92. The molecule has 1 aromatic carbocycles. The molecule has 92 valence electrons. The van der Waals surface area contributed by atoms with Crippen LogP contribution >= 0.6 is 0 Å². The molecule has 0 unspecified atom stereocenters. The van der Waals surface area contributed by atoms with Gasteiger partial charge in [-0.3, -0.25) is 4.79 Å². The number of fused-ring (bicyclic) bond motifs is 1. The number of aromatic amines is 1. The molecule has 0 bridgehead atoms. The van der Waals surface area contributed by atoms with Crippen LogP contribution < -0.4 is 10.6 Å². The predicted molar refractivity (Wildman–Crippen MR) is 66.7 cm³/mol. The Morgan fingerprint density at radius 2 is 2.22 bits per heavy atom. The summed E-state index contributed by atoms with van der Waals surface area (Å²) in [5, 5.41) is 6.10. The van der Waals surface area contributed by atoms with Crippen LogP contribution in [-0.4, -0.2) is 15.9 Å². The van der Waals surface area contributed by atoms with E-state index in [0.29, 0.717) is 12.1 Å². The zero-order valence-electron chi connectivity index (χ0n) is 9.86. The van der Waals surface area contributed by atoms with Crippen molar-refractivity contribution in [1.29, 1.82) is 0 Å². The topological polar surface area (TPSA) is 69.8 Å². The molecule has 1 aliphatic rings. The summed E-state index contributed by atoms with van der Waals surface area (Å²) in [6.45, 7) is 2.15. The molecule has 1 aromatic heterocycles. The van der Waals surface area contributed by atoms with Gasteiger partial charge >= 0.3 is 0 Å². The maximum absolute atomic E-state index is 12.0. The molecule has 0 saturated heterocycles. The minimum Gasteiger partial charge on any atom is -0.347 e. The fraction of sp³-hybridized carbons (Fsp3) is 0.231. The average Bonchev–Trinajstić information content (AvgIpc) is 3.05. The van der Waals surface area contributed by atoms with Gasteiger partial charge in [0.25, 0.3) is 5.91 Å². The van der Waals surface area contributed by atoms with Crippen LogP contribution in [0.5, 0.6) is 0 Å². The molecule has 3 rings (SSSR count). The summed E-state index contributed by atoms with van der Waals surface area (Å²) in [5.41, 5.74) is 3.18. The van der Waals surface area contributed by atoms with Gasteiger partial charge in [-0.25, -0.2) is 4.98 Å². The number of aromatic nitrogens is 2. The largest absolute Gasteiger partial charge is 0.347 e. The van der Waals surface area contributed by atoms with Crippen molar-refractivity contribution in [3.63, 3.8) is 0 Å². The lowest BCUT2D eigenvalue weighted by atomic mass is 10.1. The van der Waals surface area contributed by atoms with Gasteiger partial charge in [0.2, 0.25) is 0 Å². The molecule has 0 aliphatic carbocycles. The summed E-state index contributed by atoms with van der Waals surface area (Å²) in [4.78, 5) is 19.0. The lowest BCUT2D eigenvalue weighted by Gasteiger charge is -2.05. The molecule has 5 heteroatoms. The van der Waals surface area contributed by atoms with Gasteiger partial charge in [0.15, 0.2) is 0 Å². The molecule has 3 N–H and O–H groups in total. The van der Waals surface area contributed by atoms with Crippen LogP contribution in [0.25, 0.3) is 0 Å². The van der Waals surface area contributed by atoms with E-state index in [1.54, 1.807) is 12.4 Å². The summed E-state index contributed by atoms with van der Waals surface area (Å²) in [6.07, 6.45) is 3.41. The second-order valence-electron chi connectivity index (χ2n) is 4.31. The van der Waals surface area contributed by atoms with Crippen molar-refractivity contribution in [2.75, 3.05) is 0 Å². The summed E-state index contributed by atoms with van der Waals surface area (Å²) in [7, 11) is 0. The number of hydrogen-bond acceptors (Lipinski definition) is 3. The quantitative estimate of drug-likeness (QED) is 0.750. The minimum absolute atomic E-state index is 0.0684.